The van der Waals surface area contributed by atoms with Gasteiger partial charge < -0.3 is 21.1 Å². The van der Waals surface area contributed by atoms with E-state index >= 15 is 0 Å². The summed E-state index contributed by atoms with van der Waals surface area (Å²) in [7, 11) is 1.60. The minimum absolute atomic E-state index is 0.285. The number of anilines is 2. The van der Waals surface area contributed by atoms with Gasteiger partial charge in [0, 0.05) is 11.4 Å². The van der Waals surface area contributed by atoms with Crippen LogP contribution in [0.1, 0.15) is 5.56 Å². The molecule has 0 unspecified atom stereocenters. The maximum atomic E-state index is 11.9. The molecule has 0 spiro atoms. The maximum Gasteiger partial charge on any atom is 0.323 e. The average Bonchev–Trinajstić information content (AvgIpc) is 2.50. The van der Waals surface area contributed by atoms with Crippen molar-refractivity contribution in [2.45, 2.75) is 6.42 Å². The molecule has 110 valence electrons. The number of benzene rings is 2. The highest BCUT2D eigenvalue weighted by Crippen LogP contribution is 2.15. The normalized spacial score (nSPS) is 10.0. The SMILES string of the molecule is COc1ccc(NC(=O)Nc2ccc(CCN)cc2)cc1. The van der Waals surface area contributed by atoms with Crippen LogP contribution in [0.5, 0.6) is 5.75 Å². The number of hydrogen-bond donors (Lipinski definition) is 3. The third-order valence-electron chi connectivity index (χ3n) is 2.99. The number of rotatable bonds is 5. The Morgan fingerprint density at radius 3 is 2.00 bits per heavy atom. The van der Waals surface area contributed by atoms with Crippen LogP contribution in [0.3, 0.4) is 0 Å². The van der Waals surface area contributed by atoms with E-state index in [4.69, 9.17) is 10.5 Å². The van der Waals surface area contributed by atoms with Gasteiger partial charge in [0.25, 0.3) is 0 Å². The second-order valence-corrected chi connectivity index (χ2v) is 4.54. The van der Waals surface area contributed by atoms with E-state index in [0.717, 1.165) is 23.4 Å². The molecule has 0 atom stereocenters. The van der Waals surface area contributed by atoms with Crippen molar-refractivity contribution < 1.29 is 9.53 Å². The molecule has 2 rings (SSSR count). The highest BCUT2D eigenvalue weighted by molar-refractivity contribution is 5.99. The Kier molecular flexibility index (Phi) is 5.17. The molecule has 0 saturated heterocycles. The van der Waals surface area contributed by atoms with Gasteiger partial charge in [-0.25, -0.2) is 4.79 Å². The fourth-order valence-corrected chi connectivity index (χ4v) is 1.89. The van der Waals surface area contributed by atoms with Gasteiger partial charge in [0.2, 0.25) is 0 Å². The van der Waals surface area contributed by atoms with E-state index in [-0.39, 0.29) is 6.03 Å². The molecule has 2 amide bonds. The lowest BCUT2D eigenvalue weighted by molar-refractivity contribution is 0.262. The summed E-state index contributed by atoms with van der Waals surface area (Å²) in [4.78, 5) is 11.9. The first-order valence-corrected chi connectivity index (χ1v) is 6.72. The lowest BCUT2D eigenvalue weighted by Gasteiger charge is -2.09. The van der Waals surface area contributed by atoms with Crippen molar-refractivity contribution in [2.24, 2.45) is 5.73 Å². The van der Waals surface area contributed by atoms with Gasteiger partial charge in [-0.3, -0.25) is 0 Å². The quantitative estimate of drug-likeness (QED) is 0.790. The first-order valence-electron chi connectivity index (χ1n) is 6.72. The van der Waals surface area contributed by atoms with Crippen LogP contribution >= 0.6 is 0 Å². The molecule has 4 N–H and O–H groups in total. The Morgan fingerprint density at radius 2 is 1.52 bits per heavy atom. The minimum atomic E-state index is -0.285. The van der Waals surface area contributed by atoms with Crippen LogP contribution in [-0.4, -0.2) is 19.7 Å². The fourth-order valence-electron chi connectivity index (χ4n) is 1.89. The molecule has 0 aromatic heterocycles. The van der Waals surface area contributed by atoms with Crippen LogP contribution in [-0.2, 0) is 6.42 Å². The summed E-state index contributed by atoms with van der Waals surface area (Å²) in [6.45, 7) is 0.616. The van der Waals surface area contributed by atoms with Crippen LogP contribution in [0, 0.1) is 0 Å². The zero-order chi connectivity index (χ0) is 15.1. The van der Waals surface area contributed by atoms with Gasteiger partial charge >= 0.3 is 6.03 Å². The van der Waals surface area contributed by atoms with Crippen molar-refractivity contribution in [1.82, 2.24) is 0 Å². The molecular formula is C16H19N3O2. The standard InChI is InChI=1S/C16H19N3O2/c1-21-15-8-6-14(7-9-15)19-16(20)18-13-4-2-12(3-5-13)10-11-17/h2-9H,10-11,17H2,1H3,(H2,18,19,20). The second-order valence-electron chi connectivity index (χ2n) is 4.54. The van der Waals surface area contributed by atoms with Crippen molar-refractivity contribution in [3.8, 4) is 5.75 Å². The van der Waals surface area contributed by atoms with Gasteiger partial charge in [-0.15, -0.1) is 0 Å². The van der Waals surface area contributed by atoms with Crippen LogP contribution in [0.15, 0.2) is 48.5 Å². The third kappa shape index (κ3) is 4.50. The topological polar surface area (TPSA) is 76.4 Å². The first kappa shape index (κ1) is 14.9. The number of ether oxygens (including phenoxy) is 1. The molecule has 21 heavy (non-hydrogen) atoms. The number of urea groups is 1. The van der Waals surface area contributed by atoms with Crippen molar-refractivity contribution in [3.63, 3.8) is 0 Å². The third-order valence-corrected chi connectivity index (χ3v) is 2.99. The Bertz CT molecular complexity index is 579. The Morgan fingerprint density at radius 1 is 1.00 bits per heavy atom. The van der Waals surface area contributed by atoms with E-state index in [1.165, 1.54) is 0 Å². The van der Waals surface area contributed by atoms with Crippen molar-refractivity contribution in [1.29, 1.82) is 0 Å². The van der Waals surface area contributed by atoms with E-state index in [2.05, 4.69) is 10.6 Å². The van der Waals surface area contributed by atoms with Crippen molar-refractivity contribution in [2.75, 3.05) is 24.3 Å². The van der Waals surface area contributed by atoms with Crippen LogP contribution in [0.25, 0.3) is 0 Å². The number of methoxy groups -OCH3 is 1. The Balaban J connectivity index is 1.91. The van der Waals surface area contributed by atoms with Gasteiger partial charge in [0.1, 0.15) is 5.75 Å². The van der Waals surface area contributed by atoms with Crippen LogP contribution in [0.4, 0.5) is 16.2 Å². The molecule has 5 nitrogen and oxygen atoms in total. The largest absolute Gasteiger partial charge is 0.497 e. The van der Waals surface area contributed by atoms with E-state index in [1.807, 2.05) is 24.3 Å². The fraction of sp³-hybridized carbons (Fsp3) is 0.188. The lowest BCUT2D eigenvalue weighted by Crippen LogP contribution is -2.19. The summed E-state index contributed by atoms with van der Waals surface area (Å²) in [5.41, 5.74) is 8.09. The molecule has 2 aromatic rings. The second kappa shape index (κ2) is 7.31. The minimum Gasteiger partial charge on any atom is -0.497 e. The predicted molar refractivity (Wildman–Crippen MR) is 84.8 cm³/mol. The number of hydrogen-bond acceptors (Lipinski definition) is 3. The van der Waals surface area contributed by atoms with Crippen LogP contribution < -0.4 is 21.1 Å². The average molecular weight is 285 g/mol. The highest BCUT2D eigenvalue weighted by atomic mass is 16.5. The number of amides is 2. The van der Waals surface area contributed by atoms with E-state index in [0.29, 0.717) is 12.2 Å². The summed E-state index contributed by atoms with van der Waals surface area (Å²) < 4.78 is 5.06. The molecule has 0 aliphatic rings. The van der Waals surface area contributed by atoms with Gasteiger partial charge in [-0.05, 0) is 54.9 Å². The number of nitrogens with two attached hydrogens (primary N) is 1. The monoisotopic (exact) mass is 285 g/mol. The molecule has 5 heteroatoms. The maximum absolute atomic E-state index is 11.9. The number of carbonyl (C=O) groups is 1. The first-order chi connectivity index (χ1) is 10.2. The van der Waals surface area contributed by atoms with Crippen molar-refractivity contribution >= 4 is 17.4 Å². The van der Waals surface area contributed by atoms with Gasteiger partial charge in [-0.2, -0.15) is 0 Å². The highest BCUT2D eigenvalue weighted by Gasteiger charge is 2.03. The zero-order valence-corrected chi connectivity index (χ0v) is 11.9. The van der Waals surface area contributed by atoms with Crippen LogP contribution in [0.2, 0.25) is 0 Å². The van der Waals surface area contributed by atoms with E-state index in [1.54, 1.807) is 31.4 Å². The molecule has 2 aromatic carbocycles. The van der Waals surface area contributed by atoms with Gasteiger partial charge in [0.15, 0.2) is 0 Å². The van der Waals surface area contributed by atoms with Crippen molar-refractivity contribution in [3.05, 3.63) is 54.1 Å². The molecule has 0 bridgehead atoms. The molecule has 0 fully saturated rings. The molecule has 0 aliphatic heterocycles. The Labute approximate surface area is 124 Å². The predicted octanol–water partition coefficient (Wildman–Crippen LogP) is 2.84. The summed E-state index contributed by atoms with van der Waals surface area (Å²) in [6.07, 6.45) is 0.832. The molecule has 0 heterocycles. The smallest absolute Gasteiger partial charge is 0.323 e. The molecule has 0 radical (unpaired) electrons. The van der Waals surface area contributed by atoms with Gasteiger partial charge in [-0.1, -0.05) is 12.1 Å². The van der Waals surface area contributed by atoms with E-state index in [9.17, 15) is 4.79 Å². The zero-order valence-electron chi connectivity index (χ0n) is 11.9. The number of nitrogens with one attached hydrogen (secondary N) is 2. The summed E-state index contributed by atoms with van der Waals surface area (Å²) in [5.74, 6) is 0.747. The Hall–Kier alpha value is -2.53. The summed E-state index contributed by atoms with van der Waals surface area (Å²) >= 11 is 0. The molecular weight excluding hydrogens is 266 g/mol. The summed E-state index contributed by atoms with van der Waals surface area (Å²) in [5, 5.41) is 5.53. The number of carbonyl (C=O) groups excluding carboxylic acids is 1. The van der Waals surface area contributed by atoms with Gasteiger partial charge in [0.05, 0.1) is 7.11 Å². The lowest BCUT2D eigenvalue weighted by atomic mass is 10.1. The molecule has 0 saturated carbocycles. The van der Waals surface area contributed by atoms with E-state index < -0.39 is 0 Å². The molecule has 0 aliphatic carbocycles. The summed E-state index contributed by atoms with van der Waals surface area (Å²) in [6, 6.07) is 14.5.